The number of rotatable bonds is 5. The number of benzene rings is 1. The molecule has 0 aliphatic rings. The van der Waals surface area contributed by atoms with E-state index in [1.807, 2.05) is 0 Å². The monoisotopic (exact) mass is 218 g/mol. The minimum atomic E-state index is -0.362. The molecule has 0 aliphatic heterocycles. The van der Waals surface area contributed by atoms with Crippen molar-refractivity contribution in [2.75, 3.05) is 6.61 Å². The number of carbonyl (C=O) groups is 1. The highest BCUT2D eigenvalue weighted by Crippen LogP contribution is 2.14. The van der Waals surface area contributed by atoms with Gasteiger partial charge in [-0.25, -0.2) is 4.79 Å². The van der Waals surface area contributed by atoms with Crippen molar-refractivity contribution < 1.29 is 9.53 Å². The number of carbonyl (C=O) groups excluding carboxylic acids is 1. The van der Waals surface area contributed by atoms with Gasteiger partial charge >= 0.3 is 5.97 Å². The molecule has 0 atom stereocenters. The van der Waals surface area contributed by atoms with E-state index in [1.165, 1.54) is 17.2 Å². The molecule has 0 N–H and O–H groups in total. The lowest BCUT2D eigenvalue weighted by Gasteiger charge is -2.07. The summed E-state index contributed by atoms with van der Waals surface area (Å²) in [6.07, 6.45) is 1.93. The van der Waals surface area contributed by atoms with Crippen molar-refractivity contribution in [2.24, 2.45) is 0 Å². The lowest BCUT2D eigenvalue weighted by molar-refractivity contribution is -0.137. The van der Waals surface area contributed by atoms with Crippen LogP contribution in [-0.2, 0) is 16.0 Å². The number of hydrogen-bond donors (Lipinski definition) is 0. The molecule has 0 saturated carbocycles. The van der Waals surface area contributed by atoms with E-state index >= 15 is 0 Å². The van der Waals surface area contributed by atoms with Crippen LogP contribution in [0.3, 0.4) is 0 Å². The van der Waals surface area contributed by atoms with Crippen molar-refractivity contribution in [1.82, 2.24) is 0 Å². The summed E-state index contributed by atoms with van der Waals surface area (Å²) in [7, 11) is 0. The molecule has 0 aliphatic carbocycles. The predicted octanol–water partition coefficient (Wildman–Crippen LogP) is 3.08. The Bertz CT molecular complexity index is 350. The van der Waals surface area contributed by atoms with E-state index in [4.69, 9.17) is 4.74 Å². The van der Waals surface area contributed by atoms with Gasteiger partial charge in [0, 0.05) is 12.5 Å². The van der Waals surface area contributed by atoms with E-state index in [0.29, 0.717) is 12.5 Å². The minimum absolute atomic E-state index is 0.362. The Balaban J connectivity index is 2.43. The Morgan fingerprint density at radius 1 is 1.38 bits per heavy atom. The first-order valence-electron chi connectivity index (χ1n) is 5.51. The van der Waals surface area contributed by atoms with E-state index in [2.05, 4.69) is 44.7 Å². The normalized spacial score (nSPS) is 10.2. The van der Waals surface area contributed by atoms with Crippen molar-refractivity contribution in [2.45, 2.75) is 26.2 Å². The van der Waals surface area contributed by atoms with Gasteiger partial charge in [-0.15, -0.1) is 0 Å². The zero-order valence-electron chi connectivity index (χ0n) is 9.90. The highest BCUT2D eigenvalue weighted by Gasteiger charge is 2.00. The maximum Gasteiger partial charge on any atom is 0.330 e. The van der Waals surface area contributed by atoms with Crippen molar-refractivity contribution in [3.63, 3.8) is 0 Å². The fourth-order valence-electron chi connectivity index (χ4n) is 1.40. The highest BCUT2D eigenvalue weighted by atomic mass is 16.5. The molecule has 1 aromatic carbocycles. The first kappa shape index (κ1) is 12.5. The Morgan fingerprint density at radius 2 is 2.00 bits per heavy atom. The summed E-state index contributed by atoms with van der Waals surface area (Å²) in [6.45, 7) is 8.09. The summed E-state index contributed by atoms with van der Waals surface area (Å²) in [5, 5.41) is 0. The van der Waals surface area contributed by atoms with Crippen LogP contribution < -0.4 is 0 Å². The van der Waals surface area contributed by atoms with Crippen LogP contribution in [0.4, 0.5) is 0 Å². The lowest BCUT2D eigenvalue weighted by atomic mass is 10.0. The Kier molecular flexibility index (Phi) is 4.77. The van der Waals surface area contributed by atoms with Crippen LogP contribution >= 0.6 is 0 Å². The molecule has 86 valence electrons. The molecule has 0 saturated heterocycles. The van der Waals surface area contributed by atoms with Crippen molar-refractivity contribution >= 4 is 5.97 Å². The van der Waals surface area contributed by atoms with Gasteiger partial charge in [-0.3, -0.25) is 0 Å². The predicted molar refractivity (Wildman–Crippen MR) is 65.4 cm³/mol. The third-order valence-corrected chi connectivity index (χ3v) is 2.45. The van der Waals surface area contributed by atoms with Crippen LogP contribution in [0.15, 0.2) is 36.9 Å². The maximum absolute atomic E-state index is 10.8. The molecular formula is C14H18O2. The molecule has 0 spiro atoms. The molecule has 0 heterocycles. The van der Waals surface area contributed by atoms with Crippen molar-refractivity contribution in [1.29, 1.82) is 0 Å². The smallest absolute Gasteiger partial charge is 0.330 e. The van der Waals surface area contributed by atoms with Crippen LogP contribution in [0.1, 0.15) is 30.9 Å². The molecule has 0 fully saturated rings. The van der Waals surface area contributed by atoms with Gasteiger partial charge in [0.25, 0.3) is 0 Å². The van der Waals surface area contributed by atoms with E-state index in [-0.39, 0.29) is 5.97 Å². The quantitative estimate of drug-likeness (QED) is 0.561. The highest BCUT2D eigenvalue weighted by molar-refractivity contribution is 5.81. The second-order valence-electron chi connectivity index (χ2n) is 4.02. The van der Waals surface area contributed by atoms with Gasteiger partial charge in [-0.1, -0.05) is 44.7 Å². The Hall–Kier alpha value is -1.57. The first-order valence-corrected chi connectivity index (χ1v) is 5.51. The molecule has 0 unspecified atom stereocenters. The van der Waals surface area contributed by atoms with Crippen LogP contribution in [0.5, 0.6) is 0 Å². The molecule has 0 aromatic heterocycles. The second kappa shape index (κ2) is 6.11. The summed E-state index contributed by atoms with van der Waals surface area (Å²) < 4.78 is 4.92. The summed E-state index contributed by atoms with van der Waals surface area (Å²) in [4.78, 5) is 10.8. The molecule has 1 aromatic rings. The van der Waals surface area contributed by atoms with Crippen LogP contribution in [0.2, 0.25) is 0 Å². The molecule has 0 amide bonds. The number of esters is 1. The molecule has 16 heavy (non-hydrogen) atoms. The van der Waals surface area contributed by atoms with Gasteiger partial charge in [-0.2, -0.15) is 0 Å². The Morgan fingerprint density at radius 3 is 2.50 bits per heavy atom. The summed E-state index contributed by atoms with van der Waals surface area (Å²) in [5.41, 5.74) is 2.51. The molecule has 2 nitrogen and oxygen atoms in total. The largest absolute Gasteiger partial charge is 0.462 e. The third-order valence-electron chi connectivity index (χ3n) is 2.45. The van der Waals surface area contributed by atoms with Crippen molar-refractivity contribution in [3.05, 3.63) is 48.0 Å². The maximum atomic E-state index is 10.8. The topological polar surface area (TPSA) is 26.3 Å². The van der Waals surface area contributed by atoms with Gasteiger partial charge in [0.1, 0.15) is 0 Å². The van der Waals surface area contributed by atoms with Crippen LogP contribution in [-0.4, -0.2) is 12.6 Å². The SMILES string of the molecule is C=CC(=O)OCCc1ccc(C(C)C)cc1. The number of ether oxygens (including phenoxy) is 1. The standard InChI is InChI=1S/C14H18O2/c1-4-14(15)16-10-9-12-5-7-13(8-6-12)11(2)3/h4-8,11H,1,9-10H2,2-3H3. The van der Waals surface area contributed by atoms with Crippen LogP contribution in [0.25, 0.3) is 0 Å². The van der Waals surface area contributed by atoms with Crippen LogP contribution in [0, 0.1) is 0 Å². The van der Waals surface area contributed by atoms with E-state index < -0.39 is 0 Å². The lowest BCUT2D eigenvalue weighted by Crippen LogP contribution is -2.04. The third kappa shape index (κ3) is 3.89. The van der Waals surface area contributed by atoms with Gasteiger partial charge in [0.05, 0.1) is 6.61 Å². The molecule has 1 rings (SSSR count). The second-order valence-corrected chi connectivity index (χ2v) is 4.02. The first-order chi connectivity index (χ1) is 7.63. The molecule has 2 heteroatoms. The van der Waals surface area contributed by atoms with Gasteiger partial charge in [-0.05, 0) is 17.0 Å². The molecule has 0 radical (unpaired) electrons. The average molecular weight is 218 g/mol. The minimum Gasteiger partial charge on any atom is -0.462 e. The van der Waals surface area contributed by atoms with Gasteiger partial charge < -0.3 is 4.74 Å². The zero-order valence-corrected chi connectivity index (χ0v) is 9.90. The van der Waals surface area contributed by atoms with E-state index in [1.54, 1.807) is 0 Å². The number of hydrogen-bond acceptors (Lipinski definition) is 2. The zero-order chi connectivity index (χ0) is 12.0. The van der Waals surface area contributed by atoms with Gasteiger partial charge in [0.2, 0.25) is 0 Å². The van der Waals surface area contributed by atoms with E-state index in [0.717, 1.165) is 6.42 Å². The fraction of sp³-hybridized carbons (Fsp3) is 0.357. The average Bonchev–Trinajstić information content (AvgIpc) is 2.29. The summed E-state index contributed by atoms with van der Waals surface area (Å²) >= 11 is 0. The van der Waals surface area contributed by atoms with Gasteiger partial charge in [0.15, 0.2) is 0 Å². The molecular weight excluding hydrogens is 200 g/mol. The molecule has 0 bridgehead atoms. The summed E-state index contributed by atoms with van der Waals surface area (Å²) in [6, 6.07) is 8.40. The van der Waals surface area contributed by atoms with E-state index in [9.17, 15) is 4.79 Å². The Labute approximate surface area is 96.9 Å². The summed E-state index contributed by atoms with van der Waals surface area (Å²) in [5.74, 6) is 0.187. The van der Waals surface area contributed by atoms with Crippen molar-refractivity contribution in [3.8, 4) is 0 Å². The fourth-order valence-corrected chi connectivity index (χ4v) is 1.40.